The van der Waals surface area contributed by atoms with E-state index in [9.17, 15) is 19.8 Å². The van der Waals surface area contributed by atoms with Gasteiger partial charge in [-0.3, -0.25) is 9.69 Å². The number of carbonyl (C=O) groups is 2. The highest BCUT2D eigenvalue weighted by Crippen LogP contribution is 2.55. The van der Waals surface area contributed by atoms with E-state index in [4.69, 9.17) is 23.7 Å². The van der Waals surface area contributed by atoms with Gasteiger partial charge in [-0.2, -0.15) is 0 Å². The maximum absolute atomic E-state index is 14.1. The molecule has 3 aliphatic heterocycles. The molecule has 0 amide bonds. The van der Waals surface area contributed by atoms with Gasteiger partial charge in [0.2, 0.25) is 6.79 Å². The predicted octanol–water partition coefficient (Wildman–Crippen LogP) is 5.70. The summed E-state index contributed by atoms with van der Waals surface area (Å²) in [6, 6.07) is 4.04. The quantitative estimate of drug-likeness (QED) is 0.159. The van der Waals surface area contributed by atoms with E-state index < -0.39 is 41.2 Å². The lowest BCUT2D eigenvalue weighted by Gasteiger charge is -2.39. The zero-order valence-corrected chi connectivity index (χ0v) is 28.8. The molecule has 0 bridgehead atoms. The molecule has 0 radical (unpaired) electrons. The average molecular weight is 658 g/mol. The van der Waals surface area contributed by atoms with Crippen molar-refractivity contribution in [2.24, 2.45) is 0 Å². The van der Waals surface area contributed by atoms with Crippen molar-refractivity contribution in [1.82, 2.24) is 4.90 Å². The Labute approximate surface area is 279 Å². The molecule has 1 saturated heterocycles. The Morgan fingerprint density at radius 3 is 2.45 bits per heavy atom. The van der Waals surface area contributed by atoms with Crippen molar-refractivity contribution in [3.63, 3.8) is 0 Å². The van der Waals surface area contributed by atoms with Crippen molar-refractivity contribution in [1.29, 1.82) is 0 Å². The molecule has 3 heterocycles. The van der Waals surface area contributed by atoms with E-state index in [1.807, 2.05) is 12.1 Å². The number of hydrogen-bond acceptors (Lipinski definition) is 10. The first kappa shape index (κ1) is 35.5. The third kappa shape index (κ3) is 8.08. The molecule has 1 spiro atoms. The Bertz CT molecular complexity index is 1290. The highest BCUT2D eigenvalue weighted by Gasteiger charge is 2.59. The molecule has 1 fully saturated rings. The van der Waals surface area contributed by atoms with E-state index in [1.54, 1.807) is 21.0 Å². The molecule has 0 aromatic heterocycles. The van der Waals surface area contributed by atoms with Crippen LogP contribution in [0.1, 0.15) is 121 Å². The fourth-order valence-corrected chi connectivity index (χ4v) is 7.93. The maximum Gasteiger partial charge on any atom is 0.339 e. The number of rotatable bonds is 17. The summed E-state index contributed by atoms with van der Waals surface area (Å²) in [4.78, 5) is 29.6. The monoisotopic (exact) mass is 657 g/mol. The molecule has 10 heteroatoms. The van der Waals surface area contributed by atoms with Crippen molar-refractivity contribution in [3.8, 4) is 11.5 Å². The van der Waals surface area contributed by atoms with Crippen molar-refractivity contribution in [2.75, 3.05) is 33.6 Å². The van der Waals surface area contributed by atoms with E-state index in [0.29, 0.717) is 30.1 Å². The van der Waals surface area contributed by atoms with Crippen LogP contribution < -0.4 is 9.47 Å². The lowest BCUT2D eigenvalue weighted by Crippen LogP contribution is -2.49. The van der Waals surface area contributed by atoms with Crippen LogP contribution in [-0.2, 0) is 30.2 Å². The second-order valence-corrected chi connectivity index (χ2v) is 14.5. The topological polar surface area (TPSA) is 124 Å². The molecule has 5 rings (SSSR count). The van der Waals surface area contributed by atoms with Crippen LogP contribution in [-0.4, -0.2) is 83.5 Å². The van der Waals surface area contributed by atoms with E-state index in [1.165, 1.54) is 25.7 Å². The first-order valence-corrected chi connectivity index (χ1v) is 17.8. The molecule has 10 nitrogen and oxygen atoms in total. The Hall–Kier alpha value is -2.82. The fourth-order valence-electron chi connectivity index (χ4n) is 7.93. The van der Waals surface area contributed by atoms with E-state index in [2.05, 4.69) is 17.9 Å². The van der Waals surface area contributed by atoms with Gasteiger partial charge < -0.3 is 33.9 Å². The van der Waals surface area contributed by atoms with Gasteiger partial charge in [-0.15, -0.1) is 0 Å². The van der Waals surface area contributed by atoms with Crippen molar-refractivity contribution in [2.45, 2.75) is 139 Å². The van der Waals surface area contributed by atoms with Gasteiger partial charge >= 0.3 is 11.9 Å². The summed E-state index contributed by atoms with van der Waals surface area (Å²) in [6.45, 7) is 7.70. The first-order valence-electron chi connectivity index (χ1n) is 17.8. The Morgan fingerprint density at radius 1 is 1.00 bits per heavy atom. The molecule has 1 aromatic rings. The van der Waals surface area contributed by atoms with Crippen molar-refractivity contribution in [3.05, 3.63) is 35.1 Å². The zero-order valence-electron chi connectivity index (χ0n) is 28.8. The summed E-state index contributed by atoms with van der Waals surface area (Å²) in [5.41, 5.74) is -1.43. The molecular formula is C37H55NO9. The molecule has 4 aliphatic rings. The number of fused-ring (bicyclic) bond motifs is 3. The summed E-state index contributed by atoms with van der Waals surface area (Å²) in [7, 11) is 1.57. The number of hydrogen-bond donors (Lipinski definition) is 2. The van der Waals surface area contributed by atoms with Crippen LogP contribution in [0.3, 0.4) is 0 Å². The molecular weight excluding hydrogens is 602 g/mol. The standard InChI is InChI=1S/C37H55NO9/c1-5-6-7-8-9-10-11-20-44-31(39)24-37(42,17-12-15-35(2,3)41)34(40)47-33-30(43-4)23-36-16-13-18-38(36)19-14-26-21-28-29(46-25-45-28)22-27(26)32(33)36/h21-23,32-33,41-42H,5-20,24-25H2,1-4H3/t32-,33?,36-,37-/m1/s1. The lowest BCUT2D eigenvalue weighted by atomic mass is 9.77. The number of benzene rings is 1. The lowest BCUT2D eigenvalue weighted by molar-refractivity contribution is -0.179. The van der Waals surface area contributed by atoms with Crippen LogP contribution in [0, 0.1) is 0 Å². The summed E-state index contributed by atoms with van der Waals surface area (Å²) in [6.07, 6.45) is 11.6. The summed E-state index contributed by atoms with van der Waals surface area (Å²) < 4.78 is 29.2. The van der Waals surface area contributed by atoms with Crippen LogP contribution >= 0.6 is 0 Å². The van der Waals surface area contributed by atoms with Crippen LogP contribution in [0.5, 0.6) is 11.5 Å². The van der Waals surface area contributed by atoms with Crippen LogP contribution in [0.25, 0.3) is 0 Å². The Balaban J connectivity index is 1.34. The van der Waals surface area contributed by atoms with Gasteiger partial charge in [0.25, 0.3) is 0 Å². The highest BCUT2D eigenvalue weighted by molar-refractivity contribution is 5.86. The molecule has 262 valence electrons. The number of esters is 2. The average Bonchev–Trinajstić information content (AvgIpc) is 3.71. The Kier molecular flexibility index (Phi) is 11.4. The second-order valence-electron chi connectivity index (χ2n) is 14.5. The van der Waals surface area contributed by atoms with Gasteiger partial charge in [0.1, 0.15) is 5.76 Å². The van der Waals surface area contributed by atoms with E-state index >= 15 is 0 Å². The summed E-state index contributed by atoms with van der Waals surface area (Å²) in [5.74, 6) is 0.0679. The molecule has 1 aromatic carbocycles. The summed E-state index contributed by atoms with van der Waals surface area (Å²) >= 11 is 0. The number of aliphatic hydroxyl groups is 2. The van der Waals surface area contributed by atoms with Gasteiger partial charge in [0.15, 0.2) is 23.2 Å². The smallest absolute Gasteiger partial charge is 0.339 e. The van der Waals surface area contributed by atoms with Crippen LogP contribution in [0.15, 0.2) is 24.0 Å². The van der Waals surface area contributed by atoms with E-state index in [0.717, 1.165) is 62.7 Å². The number of carbonyl (C=O) groups excluding carboxylic acids is 2. The largest absolute Gasteiger partial charge is 0.497 e. The van der Waals surface area contributed by atoms with Gasteiger partial charge in [-0.25, -0.2) is 4.79 Å². The second kappa shape index (κ2) is 15.2. The van der Waals surface area contributed by atoms with Crippen LogP contribution in [0.2, 0.25) is 0 Å². The van der Waals surface area contributed by atoms with Gasteiger partial charge in [0.05, 0.1) is 37.2 Å². The Morgan fingerprint density at radius 2 is 1.72 bits per heavy atom. The fraction of sp³-hybridized carbons (Fsp3) is 0.730. The zero-order chi connectivity index (χ0) is 33.7. The van der Waals surface area contributed by atoms with Crippen LogP contribution in [0.4, 0.5) is 0 Å². The minimum Gasteiger partial charge on any atom is -0.497 e. The molecule has 0 saturated carbocycles. The number of ether oxygens (including phenoxy) is 5. The molecule has 1 aliphatic carbocycles. The van der Waals surface area contributed by atoms with Gasteiger partial charge in [-0.1, -0.05) is 45.4 Å². The van der Waals surface area contributed by atoms with Gasteiger partial charge in [-0.05, 0) is 94.7 Å². The van der Waals surface area contributed by atoms with E-state index in [-0.39, 0.29) is 25.7 Å². The third-order valence-electron chi connectivity index (χ3n) is 10.4. The molecule has 4 atom stereocenters. The number of methoxy groups -OCH3 is 1. The number of unbranched alkanes of at least 4 members (excludes halogenated alkanes) is 6. The molecule has 47 heavy (non-hydrogen) atoms. The first-order chi connectivity index (χ1) is 22.5. The molecule has 1 unspecified atom stereocenters. The molecule has 2 N–H and O–H groups in total. The number of nitrogens with zero attached hydrogens (tertiary/aromatic N) is 1. The van der Waals surface area contributed by atoms with Crippen molar-refractivity contribution < 1.29 is 43.5 Å². The minimum absolute atomic E-state index is 0.0572. The maximum atomic E-state index is 14.1. The van der Waals surface area contributed by atoms with Gasteiger partial charge in [0, 0.05) is 6.54 Å². The SMILES string of the molecule is CCCCCCCCCOC(=O)C[C@](O)(CCCC(C)(C)O)C(=O)OC1C(OC)=C[C@@]23CCCN2CCc2cc4c(cc2[C@H]13)OCO4. The summed E-state index contributed by atoms with van der Waals surface area (Å²) in [5, 5.41) is 22.2. The minimum atomic E-state index is -2.13. The van der Waals surface area contributed by atoms with Crippen molar-refractivity contribution >= 4 is 11.9 Å². The third-order valence-corrected chi connectivity index (χ3v) is 10.4. The normalized spacial score (nSPS) is 24.4. The highest BCUT2D eigenvalue weighted by atomic mass is 16.7. The predicted molar refractivity (Wildman–Crippen MR) is 176 cm³/mol.